The molecule has 110 valence electrons. The zero-order valence-electron chi connectivity index (χ0n) is 11.5. The van der Waals surface area contributed by atoms with E-state index in [1.807, 2.05) is 0 Å². The lowest BCUT2D eigenvalue weighted by molar-refractivity contribution is 0.415. The lowest BCUT2D eigenvalue weighted by atomic mass is 10.2. The summed E-state index contributed by atoms with van der Waals surface area (Å²) in [7, 11) is 1.55. The number of thiocarbonyl (C=S) groups is 1. The lowest BCUT2D eigenvalue weighted by Gasteiger charge is -2.12. The molecule has 0 spiro atoms. The van der Waals surface area contributed by atoms with E-state index in [-0.39, 0.29) is 5.82 Å². The van der Waals surface area contributed by atoms with E-state index < -0.39 is 0 Å². The molecule has 0 aliphatic carbocycles. The Bertz CT molecular complexity index is 679. The zero-order valence-corrected chi connectivity index (χ0v) is 13.1. The maximum atomic E-state index is 13.2. The summed E-state index contributed by atoms with van der Waals surface area (Å²) >= 11 is 11.2. The normalized spacial score (nSPS) is 10.1. The molecule has 0 heterocycles. The van der Waals surface area contributed by atoms with E-state index in [0.717, 1.165) is 5.69 Å². The number of nitrogens with one attached hydrogen (secondary N) is 2. The molecule has 2 rings (SSSR count). The highest BCUT2D eigenvalue weighted by atomic mass is 35.5. The van der Waals surface area contributed by atoms with Crippen LogP contribution in [-0.2, 0) is 0 Å². The van der Waals surface area contributed by atoms with Gasteiger partial charge in [0.15, 0.2) is 5.11 Å². The Balaban J connectivity index is 2.04. The number of benzene rings is 2. The molecule has 0 amide bonds. The molecule has 0 aliphatic rings. The molecular weight excluding hydrogens is 311 g/mol. The summed E-state index contributed by atoms with van der Waals surface area (Å²) in [6, 6.07) is 9.96. The maximum absolute atomic E-state index is 13.2. The van der Waals surface area contributed by atoms with Crippen molar-refractivity contribution in [1.29, 1.82) is 0 Å². The van der Waals surface area contributed by atoms with Crippen molar-refractivity contribution in [3.63, 3.8) is 0 Å². The van der Waals surface area contributed by atoms with Gasteiger partial charge in [-0.3, -0.25) is 0 Å². The van der Waals surface area contributed by atoms with E-state index in [1.165, 1.54) is 6.07 Å². The van der Waals surface area contributed by atoms with Crippen LogP contribution in [-0.4, -0.2) is 12.2 Å². The first kappa shape index (κ1) is 15.5. The Hall–Kier alpha value is -1.85. The number of methoxy groups -OCH3 is 1. The number of rotatable bonds is 3. The second kappa shape index (κ2) is 6.74. The van der Waals surface area contributed by atoms with Gasteiger partial charge in [0.1, 0.15) is 11.6 Å². The van der Waals surface area contributed by atoms with Crippen molar-refractivity contribution in [2.45, 2.75) is 6.92 Å². The summed E-state index contributed by atoms with van der Waals surface area (Å²) in [6.45, 7) is 1.69. The molecule has 0 fully saturated rings. The highest BCUT2D eigenvalue weighted by Crippen LogP contribution is 2.27. The van der Waals surface area contributed by atoms with Crippen LogP contribution in [0.5, 0.6) is 5.75 Å². The predicted molar refractivity (Wildman–Crippen MR) is 89.0 cm³/mol. The third-order valence-electron chi connectivity index (χ3n) is 2.83. The molecule has 0 saturated heterocycles. The summed E-state index contributed by atoms with van der Waals surface area (Å²) in [4.78, 5) is 0. The molecule has 0 atom stereocenters. The van der Waals surface area contributed by atoms with Crippen molar-refractivity contribution >= 4 is 40.3 Å². The maximum Gasteiger partial charge on any atom is 0.175 e. The van der Waals surface area contributed by atoms with Crippen molar-refractivity contribution in [2.75, 3.05) is 17.7 Å². The molecule has 0 aromatic heterocycles. The smallest absolute Gasteiger partial charge is 0.175 e. The molecule has 6 heteroatoms. The fraction of sp³-hybridized carbons (Fsp3) is 0.133. The van der Waals surface area contributed by atoms with Crippen LogP contribution < -0.4 is 15.4 Å². The monoisotopic (exact) mass is 324 g/mol. The Labute approximate surface area is 133 Å². The minimum atomic E-state index is -0.249. The minimum Gasteiger partial charge on any atom is -0.495 e. The number of anilines is 2. The summed E-state index contributed by atoms with van der Waals surface area (Å²) in [5.41, 5.74) is 2.00. The highest BCUT2D eigenvalue weighted by molar-refractivity contribution is 7.80. The van der Waals surface area contributed by atoms with E-state index in [9.17, 15) is 4.39 Å². The van der Waals surface area contributed by atoms with Gasteiger partial charge in [-0.15, -0.1) is 0 Å². The largest absolute Gasteiger partial charge is 0.495 e. The van der Waals surface area contributed by atoms with Gasteiger partial charge in [-0.1, -0.05) is 11.6 Å². The average Bonchev–Trinajstić information content (AvgIpc) is 2.43. The molecule has 0 unspecified atom stereocenters. The zero-order chi connectivity index (χ0) is 15.4. The van der Waals surface area contributed by atoms with Crippen LogP contribution >= 0.6 is 23.8 Å². The van der Waals surface area contributed by atoms with Crippen molar-refractivity contribution in [1.82, 2.24) is 0 Å². The molecule has 2 aromatic rings. The number of hydrogen-bond donors (Lipinski definition) is 2. The van der Waals surface area contributed by atoms with Gasteiger partial charge in [-0.2, -0.15) is 0 Å². The SMILES string of the molecule is COc1ccc(NC(=S)Nc2ccc(F)c(C)c2)cc1Cl. The molecule has 3 nitrogen and oxygen atoms in total. The van der Waals surface area contributed by atoms with Crippen molar-refractivity contribution in [3.8, 4) is 5.75 Å². The minimum absolute atomic E-state index is 0.249. The Kier molecular flexibility index (Phi) is 4.98. The van der Waals surface area contributed by atoms with Gasteiger partial charge in [0.25, 0.3) is 0 Å². The van der Waals surface area contributed by atoms with Crippen LogP contribution in [0.1, 0.15) is 5.56 Å². The highest BCUT2D eigenvalue weighted by Gasteiger charge is 2.05. The third kappa shape index (κ3) is 4.06. The number of hydrogen-bond acceptors (Lipinski definition) is 2. The second-order valence-electron chi connectivity index (χ2n) is 4.39. The quantitative estimate of drug-likeness (QED) is 0.808. The number of halogens is 2. The first-order valence-corrected chi connectivity index (χ1v) is 6.96. The van der Waals surface area contributed by atoms with Gasteiger partial charge in [0.2, 0.25) is 0 Å². The van der Waals surface area contributed by atoms with Gasteiger partial charge in [0.05, 0.1) is 12.1 Å². The van der Waals surface area contributed by atoms with Crippen LogP contribution in [0.4, 0.5) is 15.8 Å². The molecule has 0 aliphatic heterocycles. The first-order valence-electron chi connectivity index (χ1n) is 6.17. The van der Waals surface area contributed by atoms with E-state index in [0.29, 0.717) is 27.1 Å². The predicted octanol–water partition coefficient (Wildman–Crippen LogP) is 4.61. The van der Waals surface area contributed by atoms with Gasteiger partial charge in [0, 0.05) is 11.4 Å². The Morgan fingerprint density at radius 2 is 1.76 bits per heavy atom. The first-order chi connectivity index (χ1) is 9.99. The summed E-state index contributed by atoms with van der Waals surface area (Å²) in [5.74, 6) is 0.344. The molecule has 0 bridgehead atoms. The number of aryl methyl sites for hydroxylation is 1. The average molecular weight is 325 g/mol. The fourth-order valence-corrected chi connectivity index (χ4v) is 2.25. The van der Waals surface area contributed by atoms with E-state index in [4.69, 9.17) is 28.6 Å². The van der Waals surface area contributed by atoms with Crippen LogP contribution in [0.2, 0.25) is 5.02 Å². The summed E-state index contributed by atoms with van der Waals surface area (Å²) in [5, 5.41) is 6.87. The molecular formula is C15H14ClFN2OS. The summed E-state index contributed by atoms with van der Waals surface area (Å²) < 4.78 is 18.3. The van der Waals surface area contributed by atoms with E-state index in [1.54, 1.807) is 44.4 Å². The van der Waals surface area contributed by atoms with Gasteiger partial charge >= 0.3 is 0 Å². The topological polar surface area (TPSA) is 33.3 Å². The number of ether oxygens (including phenoxy) is 1. The molecule has 0 saturated carbocycles. The van der Waals surface area contributed by atoms with Gasteiger partial charge in [-0.25, -0.2) is 4.39 Å². The fourth-order valence-electron chi connectivity index (χ4n) is 1.76. The molecule has 21 heavy (non-hydrogen) atoms. The molecule has 2 aromatic carbocycles. The van der Waals surface area contributed by atoms with Crippen molar-refractivity contribution in [2.24, 2.45) is 0 Å². The lowest BCUT2D eigenvalue weighted by Crippen LogP contribution is -2.19. The van der Waals surface area contributed by atoms with Crippen LogP contribution in [0, 0.1) is 12.7 Å². The second-order valence-corrected chi connectivity index (χ2v) is 5.21. The standard InChI is InChI=1S/C15H14ClFN2OS/c1-9-7-10(3-5-13(9)17)18-15(21)19-11-4-6-14(20-2)12(16)8-11/h3-8H,1-2H3,(H2,18,19,21). The van der Waals surface area contributed by atoms with Crippen LogP contribution in [0.3, 0.4) is 0 Å². The van der Waals surface area contributed by atoms with Crippen molar-refractivity contribution in [3.05, 3.63) is 52.8 Å². The van der Waals surface area contributed by atoms with Gasteiger partial charge < -0.3 is 15.4 Å². The van der Waals surface area contributed by atoms with E-state index >= 15 is 0 Å². The summed E-state index contributed by atoms with van der Waals surface area (Å²) in [6.07, 6.45) is 0. The van der Waals surface area contributed by atoms with E-state index in [2.05, 4.69) is 10.6 Å². The van der Waals surface area contributed by atoms with Crippen LogP contribution in [0.15, 0.2) is 36.4 Å². The van der Waals surface area contributed by atoms with Crippen molar-refractivity contribution < 1.29 is 9.13 Å². The van der Waals surface area contributed by atoms with Crippen LogP contribution in [0.25, 0.3) is 0 Å². The molecule has 2 N–H and O–H groups in total. The van der Waals surface area contributed by atoms with Gasteiger partial charge in [-0.05, 0) is 61.1 Å². The third-order valence-corrected chi connectivity index (χ3v) is 3.32. The molecule has 0 radical (unpaired) electrons. The Morgan fingerprint density at radius 3 is 2.33 bits per heavy atom. The Morgan fingerprint density at radius 1 is 1.14 bits per heavy atom.